The Balaban J connectivity index is -0.000000720. The monoisotopic (exact) mass is 252 g/mol. The molecule has 0 rings (SSSR count). The first kappa shape index (κ1) is 21.0. The maximum absolute atomic E-state index is 2.29. The summed E-state index contributed by atoms with van der Waals surface area (Å²) in [5.41, 5.74) is 0. The van der Waals surface area contributed by atoms with Gasteiger partial charge in [0.05, 0.1) is 0 Å². The molecule has 0 aromatic carbocycles. The summed E-state index contributed by atoms with van der Waals surface area (Å²) in [5, 5.41) is 0. The Morgan fingerprint density at radius 3 is 1.33 bits per heavy atom. The van der Waals surface area contributed by atoms with E-state index in [1.807, 2.05) is 0 Å². The van der Waals surface area contributed by atoms with E-state index in [-0.39, 0.29) is 11.0 Å². The van der Waals surface area contributed by atoms with Crippen molar-refractivity contribution >= 4 is 0 Å². The maximum Gasteiger partial charge on any atom is -0.870 e. The van der Waals surface area contributed by atoms with Crippen LogP contribution >= 0.6 is 0 Å². The van der Waals surface area contributed by atoms with Crippen molar-refractivity contribution in [3.63, 3.8) is 0 Å². The van der Waals surface area contributed by atoms with Gasteiger partial charge in [0.15, 0.2) is 0 Å². The molecule has 0 saturated heterocycles. The van der Waals surface area contributed by atoms with Crippen LogP contribution in [0.1, 0.15) is 65.2 Å². The first-order chi connectivity index (χ1) is 6.41. The number of hydrogen-bond donors (Lipinski definition) is 0. The minimum atomic E-state index is 0. The van der Waals surface area contributed by atoms with Crippen LogP contribution in [0.2, 0.25) is 9.45 Å². The van der Waals surface area contributed by atoms with E-state index in [0.29, 0.717) is 19.2 Å². The van der Waals surface area contributed by atoms with Crippen molar-refractivity contribution in [1.82, 2.24) is 0 Å². The van der Waals surface area contributed by atoms with E-state index in [0.717, 1.165) is 0 Å². The summed E-state index contributed by atoms with van der Waals surface area (Å²) >= 11 is 0.468. The molecule has 2 N–H and O–H groups in total. The van der Waals surface area contributed by atoms with Gasteiger partial charge < -0.3 is 11.0 Å². The molecule has 0 spiro atoms. The van der Waals surface area contributed by atoms with Gasteiger partial charge in [0.1, 0.15) is 0 Å². The van der Waals surface area contributed by atoms with Crippen LogP contribution in [0.25, 0.3) is 0 Å². The molecule has 0 aromatic rings. The van der Waals surface area contributed by atoms with Crippen LogP contribution in [0.5, 0.6) is 0 Å². The average Bonchev–Trinajstić information content (AvgIpc) is 2.16. The van der Waals surface area contributed by atoms with Crippen molar-refractivity contribution in [2.24, 2.45) is 0 Å². The van der Waals surface area contributed by atoms with Crippen LogP contribution in [-0.2, 0) is 19.2 Å². The molecule has 0 amide bonds. The van der Waals surface area contributed by atoms with Gasteiger partial charge in [-0.25, -0.2) is 0 Å². The van der Waals surface area contributed by atoms with Crippen LogP contribution < -0.4 is 0 Å². The third kappa shape index (κ3) is 20.7. The first-order valence-corrected chi connectivity index (χ1v) is 8.33. The van der Waals surface area contributed by atoms with Crippen molar-refractivity contribution in [3.8, 4) is 0 Å². The molecule has 0 aromatic heterocycles. The molecule has 0 atom stereocenters. The smallest absolute Gasteiger partial charge is 0.870 e. The molecule has 0 fully saturated rings. The summed E-state index contributed by atoms with van der Waals surface area (Å²) in [7, 11) is 0. The molecule has 3 heteroatoms. The molecule has 0 aliphatic heterocycles. The standard InChI is InChI=1S/2C6H13.2H2O.Ti/c2*1-3-5-6-4-2;;;/h2*1,3-6H2,2H3;2*1H2;/q;;;;+2/p-2. The normalized spacial score (nSPS) is 8.67. The van der Waals surface area contributed by atoms with Crippen molar-refractivity contribution in [2.45, 2.75) is 74.7 Å². The van der Waals surface area contributed by atoms with Gasteiger partial charge in [-0.2, -0.15) is 0 Å². The summed E-state index contributed by atoms with van der Waals surface area (Å²) in [5.74, 6) is 0. The van der Waals surface area contributed by atoms with Gasteiger partial charge in [0.2, 0.25) is 0 Å². The second-order valence-electron chi connectivity index (χ2n) is 3.87. The predicted molar refractivity (Wildman–Crippen MR) is 61.8 cm³/mol. The Labute approximate surface area is 105 Å². The molecule has 92 valence electrons. The molecule has 0 bridgehead atoms. The molecule has 0 heterocycles. The van der Waals surface area contributed by atoms with Crippen molar-refractivity contribution in [1.29, 1.82) is 0 Å². The van der Waals surface area contributed by atoms with Crippen LogP contribution in [0, 0.1) is 0 Å². The molecule has 0 aliphatic rings. The zero-order valence-corrected chi connectivity index (χ0v) is 12.0. The largest absolute Gasteiger partial charge is 0.870 e. The average molecular weight is 252 g/mol. The third-order valence-corrected chi connectivity index (χ3v) is 4.62. The zero-order valence-electron chi connectivity index (χ0n) is 10.5. The van der Waals surface area contributed by atoms with E-state index in [4.69, 9.17) is 0 Å². The maximum atomic E-state index is 2.29. The van der Waals surface area contributed by atoms with Gasteiger partial charge in [0, 0.05) is 0 Å². The van der Waals surface area contributed by atoms with E-state index in [1.165, 1.54) is 51.4 Å². The van der Waals surface area contributed by atoms with E-state index >= 15 is 0 Å². The summed E-state index contributed by atoms with van der Waals surface area (Å²) in [4.78, 5) is 0. The molecule has 0 aliphatic carbocycles. The van der Waals surface area contributed by atoms with Gasteiger partial charge in [-0.15, -0.1) is 0 Å². The number of unbranched alkanes of at least 4 members (excludes halogenated alkanes) is 6. The third-order valence-electron chi connectivity index (χ3n) is 2.41. The van der Waals surface area contributed by atoms with Crippen molar-refractivity contribution in [3.05, 3.63) is 0 Å². The Hall–Kier alpha value is 0.634. The number of hydrogen-bond acceptors (Lipinski definition) is 2. The predicted octanol–water partition coefficient (Wildman–Crippen LogP) is 4.71. The van der Waals surface area contributed by atoms with Crippen LogP contribution in [0.3, 0.4) is 0 Å². The van der Waals surface area contributed by atoms with Crippen LogP contribution in [0.4, 0.5) is 0 Å². The molecular weight excluding hydrogens is 224 g/mol. The van der Waals surface area contributed by atoms with Crippen molar-refractivity contribution < 1.29 is 30.1 Å². The fourth-order valence-corrected chi connectivity index (χ4v) is 3.43. The topological polar surface area (TPSA) is 60.0 Å². The minimum absolute atomic E-state index is 0. The second kappa shape index (κ2) is 20.1. The van der Waals surface area contributed by atoms with Gasteiger partial charge in [-0.1, -0.05) is 0 Å². The zero-order chi connectivity index (χ0) is 9.78. The second-order valence-corrected chi connectivity index (χ2v) is 6.21. The molecule has 0 unspecified atom stereocenters. The Morgan fingerprint density at radius 1 is 0.600 bits per heavy atom. The fraction of sp³-hybridized carbons (Fsp3) is 1.00. The summed E-state index contributed by atoms with van der Waals surface area (Å²) in [6.07, 6.45) is 11.7. The first-order valence-electron chi connectivity index (χ1n) is 6.12. The molecule has 0 radical (unpaired) electrons. The van der Waals surface area contributed by atoms with Crippen LogP contribution in [-0.4, -0.2) is 11.0 Å². The van der Waals surface area contributed by atoms with E-state index < -0.39 is 0 Å². The minimum Gasteiger partial charge on any atom is -0.870 e. The molecular formula is C12H28O2Ti. The molecule has 15 heavy (non-hydrogen) atoms. The van der Waals surface area contributed by atoms with Gasteiger partial charge >= 0.3 is 93.8 Å². The Bertz CT molecular complexity index is 79.7. The SMILES string of the molecule is CCCCC[CH2][Ti+2][CH2]CCCCC.[OH-].[OH-]. The molecule has 2 nitrogen and oxygen atoms in total. The van der Waals surface area contributed by atoms with Gasteiger partial charge in [-0.3, -0.25) is 0 Å². The summed E-state index contributed by atoms with van der Waals surface area (Å²) in [6, 6.07) is 0. The molecule has 0 saturated carbocycles. The number of rotatable bonds is 10. The van der Waals surface area contributed by atoms with E-state index in [9.17, 15) is 0 Å². The van der Waals surface area contributed by atoms with Gasteiger partial charge in [-0.05, 0) is 0 Å². The summed E-state index contributed by atoms with van der Waals surface area (Å²) < 4.78 is 3.21. The fourth-order valence-electron chi connectivity index (χ4n) is 1.48. The quantitative estimate of drug-likeness (QED) is 0.417. The Kier molecular flexibility index (Phi) is 28.1. The van der Waals surface area contributed by atoms with Gasteiger partial charge in [0.25, 0.3) is 0 Å². The Morgan fingerprint density at radius 2 is 1.00 bits per heavy atom. The summed E-state index contributed by atoms with van der Waals surface area (Å²) in [6.45, 7) is 4.59. The van der Waals surface area contributed by atoms with Crippen molar-refractivity contribution in [2.75, 3.05) is 0 Å². The van der Waals surface area contributed by atoms with Crippen LogP contribution in [0.15, 0.2) is 0 Å². The van der Waals surface area contributed by atoms with E-state index in [1.54, 1.807) is 9.45 Å². The van der Waals surface area contributed by atoms with E-state index in [2.05, 4.69) is 13.8 Å².